The number of nitrogens with zero attached hydrogens (tertiary/aromatic N) is 1. The van der Waals surface area contributed by atoms with E-state index in [1.165, 1.54) is 32.4 Å². The Labute approximate surface area is 87.3 Å². The molecule has 0 aromatic rings. The summed E-state index contributed by atoms with van der Waals surface area (Å²) in [6.45, 7) is 7.26. The third-order valence-electron chi connectivity index (χ3n) is 3.89. The summed E-state index contributed by atoms with van der Waals surface area (Å²) in [6, 6.07) is 0.764. The standard InChI is InChI=1S/C12H23NO/c1-12(2)7-8-13(9-12)10-3-5-11(14)6-4-10/h10-11,14H,3-9H2,1-2H3. The minimum Gasteiger partial charge on any atom is -0.393 e. The highest BCUT2D eigenvalue weighted by Gasteiger charge is 2.34. The molecule has 2 heteroatoms. The van der Waals surface area contributed by atoms with Crippen LogP contribution in [-0.2, 0) is 0 Å². The van der Waals surface area contributed by atoms with E-state index in [1.54, 1.807) is 0 Å². The van der Waals surface area contributed by atoms with Crippen molar-refractivity contribution in [3.63, 3.8) is 0 Å². The van der Waals surface area contributed by atoms with Gasteiger partial charge in [0.15, 0.2) is 0 Å². The fraction of sp³-hybridized carbons (Fsp3) is 1.00. The first-order valence-corrected chi connectivity index (χ1v) is 5.99. The lowest BCUT2D eigenvalue weighted by molar-refractivity contribution is 0.0800. The number of aliphatic hydroxyl groups is 1. The molecule has 2 nitrogen and oxygen atoms in total. The summed E-state index contributed by atoms with van der Waals surface area (Å²) in [5.74, 6) is 0. The second kappa shape index (κ2) is 3.82. The van der Waals surface area contributed by atoms with Crippen molar-refractivity contribution in [2.24, 2.45) is 5.41 Å². The maximum absolute atomic E-state index is 9.45. The van der Waals surface area contributed by atoms with Crippen LogP contribution in [-0.4, -0.2) is 35.2 Å². The summed E-state index contributed by atoms with van der Waals surface area (Å²) < 4.78 is 0. The molecule has 2 aliphatic rings. The van der Waals surface area contributed by atoms with Gasteiger partial charge in [0.1, 0.15) is 0 Å². The molecule has 1 saturated carbocycles. The summed E-state index contributed by atoms with van der Waals surface area (Å²) in [6.07, 6.45) is 5.77. The average Bonchev–Trinajstić information content (AvgIpc) is 2.47. The van der Waals surface area contributed by atoms with Crippen molar-refractivity contribution in [3.8, 4) is 0 Å². The summed E-state index contributed by atoms with van der Waals surface area (Å²) in [4.78, 5) is 2.64. The first-order chi connectivity index (χ1) is 6.57. The van der Waals surface area contributed by atoms with Crippen LogP contribution in [0.3, 0.4) is 0 Å². The second-order valence-corrected chi connectivity index (χ2v) is 5.85. The van der Waals surface area contributed by atoms with E-state index in [-0.39, 0.29) is 6.10 Å². The second-order valence-electron chi connectivity index (χ2n) is 5.85. The smallest absolute Gasteiger partial charge is 0.0541 e. The third kappa shape index (κ3) is 2.29. The number of likely N-dealkylation sites (tertiary alicyclic amines) is 1. The topological polar surface area (TPSA) is 23.5 Å². The molecule has 1 heterocycles. The van der Waals surface area contributed by atoms with Crippen molar-refractivity contribution in [2.75, 3.05) is 13.1 Å². The van der Waals surface area contributed by atoms with Gasteiger partial charge in [0.2, 0.25) is 0 Å². The van der Waals surface area contributed by atoms with Gasteiger partial charge in [0.25, 0.3) is 0 Å². The molecule has 0 radical (unpaired) electrons. The van der Waals surface area contributed by atoms with Crippen LogP contribution in [0.2, 0.25) is 0 Å². The molecule has 14 heavy (non-hydrogen) atoms. The van der Waals surface area contributed by atoms with E-state index in [2.05, 4.69) is 18.7 Å². The Balaban J connectivity index is 1.85. The fourth-order valence-corrected chi connectivity index (χ4v) is 2.89. The van der Waals surface area contributed by atoms with Crippen molar-refractivity contribution in [1.82, 2.24) is 4.90 Å². The van der Waals surface area contributed by atoms with E-state index in [4.69, 9.17) is 0 Å². The minimum absolute atomic E-state index is 0.0122. The van der Waals surface area contributed by atoms with E-state index in [0.717, 1.165) is 18.9 Å². The Hall–Kier alpha value is -0.0800. The Morgan fingerprint density at radius 3 is 2.29 bits per heavy atom. The SMILES string of the molecule is CC1(C)CCN(C2CCC(O)CC2)C1. The zero-order valence-electron chi connectivity index (χ0n) is 9.50. The van der Waals surface area contributed by atoms with Crippen LogP contribution in [0.25, 0.3) is 0 Å². The van der Waals surface area contributed by atoms with Crippen molar-refractivity contribution >= 4 is 0 Å². The highest BCUT2D eigenvalue weighted by molar-refractivity contribution is 4.88. The molecule has 0 bridgehead atoms. The predicted octanol–water partition coefficient (Wildman–Crippen LogP) is 2.02. The van der Waals surface area contributed by atoms with Gasteiger partial charge in [0.05, 0.1) is 6.10 Å². The molecule has 1 saturated heterocycles. The largest absolute Gasteiger partial charge is 0.393 e. The van der Waals surface area contributed by atoms with Crippen molar-refractivity contribution in [1.29, 1.82) is 0 Å². The quantitative estimate of drug-likeness (QED) is 0.695. The van der Waals surface area contributed by atoms with Crippen LogP contribution in [0.5, 0.6) is 0 Å². The van der Waals surface area contributed by atoms with Gasteiger partial charge < -0.3 is 5.11 Å². The maximum atomic E-state index is 9.45. The predicted molar refractivity (Wildman–Crippen MR) is 58.2 cm³/mol. The molecule has 0 aromatic carbocycles. The zero-order valence-corrected chi connectivity index (χ0v) is 9.50. The van der Waals surface area contributed by atoms with Crippen LogP contribution in [0.15, 0.2) is 0 Å². The third-order valence-corrected chi connectivity index (χ3v) is 3.89. The van der Waals surface area contributed by atoms with Crippen molar-refractivity contribution in [3.05, 3.63) is 0 Å². The van der Waals surface area contributed by atoms with Gasteiger partial charge >= 0.3 is 0 Å². The van der Waals surface area contributed by atoms with E-state index in [1.807, 2.05) is 0 Å². The number of rotatable bonds is 1. The molecule has 1 aliphatic heterocycles. The maximum Gasteiger partial charge on any atom is 0.0541 e. The Kier molecular flexibility index (Phi) is 2.85. The van der Waals surface area contributed by atoms with Gasteiger partial charge in [-0.2, -0.15) is 0 Å². The van der Waals surface area contributed by atoms with Gasteiger partial charge in [-0.05, 0) is 44.1 Å². The first-order valence-electron chi connectivity index (χ1n) is 5.99. The lowest BCUT2D eigenvalue weighted by atomic mass is 9.91. The number of hydrogen-bond acceptors (Lipinski definition) is 2. The highest BCUT2D eigenvalue weighted by Crippen LogP contribution is 2.33. The molecule has 82 valence electrons. The fourth-order valence-electron chi connectivity index (χ4n) is 2.89. The Bertz CT molecular complexity index is 194. The van der Waals surface area contributed by atoms with Gasteiger partial charge in [-0.1, -0.05) is 13.8 Å². The normalized spacial score (nSPS) is 38.8. The Morgan fingerprint density at radius 1 is 1.14 bits per heavy atom. The molecule has 0 unspecified atom stereocenters. The summed E-state index contributed by atoms with van der Waals surface area (Å²) in [7, 11) is 0. The summed E-state index contributed by atoms with van der Waals surface area (Å²) >= 11 is 0. The highest BCUT2D eigenvalue weighted by atomic mass is 16.3. The lowest BCUT2D eigenvalue weighted by Gasteiger charge is -2.33. The molecule has 2 fully saturated rings. The number of hydrogen-bond donors (Lipinski definition) is 1. The van der Waals surface area contributed by atoms with Crippen LogP contribution >= 0.6 is 0 Å². The van der Waals surface area contributed by atoms with Crippen LogP contribution in [0.4, 0.5) is 0 Å². The lowest BCUT2D eigenvalue weighted by Crippen LogP contribution is -2.38. The molecule has 0 atom stereocenters. The van der Waals surface area contributed by atoms with E-state index in [9.17, 15) is 5.11 Å². The molecule has 0 amide bonds. The van der Waals surface area contributed by atoms with E-state index < -0.39 is 0 Å². The minimum atomic E-state index is -0.0122. The molecule has 1 aliphatic carbocycles. The molecular formula is C12H23NO. The average molecular weight is 197 g/mol. The van der Waals surface area contributed by atoms with Crippen molar-refractivity contribution in [2.45, 2.75) is 58.1 Å². The van der Waals surface area contributed by atoms with Gasteiger partial charge in [-0.3, -0.25) is 4.90 Å². The monoisotopic (exact) mass is 197 g/mol. The molecule has 0 aromatic heterocycles. The summed E-state index contributed by atoms with van der Waals surface area (Å²) in [5, 5.41) is 9.45. The van der Waals surface area contributed by atoms with Gasteiger partial charge in [-0.25, -0.2) is 0 Å². The zero-order chi connectivity index (χ0) is 10.2. The molecule has 1 N–H and O–H groups in total. The number of aliphatic hydroxyl groups excluding tert-OH is 1. The molecule has 2 rings (SSSR count). The van der Waals surface area contributed by atoms with Gasteiger partial charge in [-0.15, -0.1) is 0 Å². The summed E-state index contributed by atoms with van der Waals surface area (Å²) in [5.41, 5.74) is 0.524. The van der Waals surface area contributed by atoms with Crippen LogP contribution < -0.4 is 0 Å². The first kappa shape index (κ1) is 10.4. The van der Waals surface area contributed by atoms with E-state index >= 15 is 0 Å². The van der Waals surface area contributed by atoms with Crippen LogP contribution in [0, 0.1) is 5.41 Å². The van der Waals surface area contributed by atoms with Gasteiger partial charge in [0, 0.05) is 12.6 Å². The molecular weight excluding hydrogens is 174 g/mol. The molecule has 0 spiro atoms. The van der Waals surface area contributed by atoms with Crippen LogP contribution in [0.1, 0.15) is 46.0 Å². The van der Waals surface area contributed by atoms with E-state index in [0.29, 0.717) is 5.41 Å². The van der Waals surface area contributed by atoms with Crippen molar-refractivity contribution < 1.29 is 5.11 Å². The Morgan fingerprint density at radius 2 is 1.79 bits per heavy atom.